The van der Waals surface area contributed by atoms with Crippen LogP contribution in [0, 0.1) is 25.7 Å². The summed E-state index contributed by atoms with van der Waals surface area (Å²) in [7, 11) is 0. The molecule has 4 rings (SSSR count). The smallest absolute Gasteiger partial charge is 0.165 e. The van der Waals surface area contributed by atoms with E-state index in [2.05, 4.69) is 61.4 Å². The first kappa shape index (κ1) is 16.1. The van der Waals surface area contributed by atoms with Crippen LogP contribution in [0.2, 0.25) is 0 Å². The minimum Gasteiger partial charge on any atom is -0.356 e. The highest BCUT2D eigenvalue weighted by atomic mass is 15.4. The monoisotopic (exact) mass is 334 g/mol. The number of anilines is 1. The lowest BCUT2D eigenvalue weighted by Gasteiger charge is -2.37. The van der Waals surface area contributed by atoms with Gasteiger partial charge in [-0.15, -0.1) is 0 Å². The first-order valence-corrected chi connectivity index (χ1v) is 9.20. The van der Waals surface area contributed by atoms with Crippen LogP contribution < -0.4 is 4.90 Å². The number of hydrogen-bond donors (Lipinski definition) is 0. The largest absolute Gasteiger partial charge is 0.356 e. The van der Waals surface area contributed by atoms with Crippen LogP contribution in [0.1, 0.15) is 31.5 Å². The Bertz CT molecular complexity index is 887. The van der Waals surface area contributed by atoms with Crippen LogP contribution in [0.5, 0.6) is 0 Å². The second kappa shape index (κ2) is 6.17. The first-order chi connectivity index (χ1) is 12.0. The molecular formula is C21H26N4. The topological polar surface area (TPSA) is 33.4 Å². The van der Waals surface area contributed by atoms with Crippen molar-refractivity contribution in [2.75, 3.05) is 18.0 Å². The number of aryl methyl sites for hydroxylation is 1. The van der Waals surface area contributed by atoms with Crippen LogP contribution in [0.15, 0.2) is 36.5 Å². The Labute approximate surface area is 149 Å². The van der Waals surface area contributed by atoms with Gasteiger partial charge >= 0.3 is 0 Å². The van der Waals surface area contributed by atoms with E-state index >= 15 is 0 Å². The van der Waals surface area contributed by atoms with Gasteiger partial charge in [0.1, 0.15) is 5.82 Å². The van der Waals surface area contributed by atoms with E-state index in [-0.39, 0.29) is 0 Å². The van der Waals surface area contributed by atoms with Crippen LogP contribution in [-0.4, -0.2) is 27.7 Å². The summed E-state index contributed by atoms with van der Waals surface area (Å²) in [5.74, 6) is 2.62. The Kier molecular flexibility index (Phi) is 3.98. The molecule has 0 N–H and O–H groups in total. The summed E-state index contributed by atoms with van der Waals surface area (Å²) in [6.07, 6.45) is 3.26. The summed E-state index contributed by atoms with van der Waals surface area (Å²) in [6.45, 7) is 11.2. The quantitative estimate of drug-likeness (QED) is 0.692. The lowest BCUT2D eigenvalue weighted by atomic mass is 9.91. The fourth-order valence-corrected chi connectivity index (χ4v) is 4.20. The molecule has 0 unspecified atom stereocenters. The normalized spacial score (nSPS) is 21.0. The van der Waals surface area contributed by atoms with E-state index in [9.17, 15) is 0 Å². The van der Waals surface area contributed by atoms with Gasteiger partial charge in [0.25, 0.3) is 0 Å². The molecule has 0 aliphatic carbocycles. The van der Waals surface area contributed by atoms with Gasteiger partial charge < -0.3 is 4.90 Å². The number of aromatic nitrogens is 3. The molecule has 4 heteroatoms. The summed E-state index contributed by atoms with van der Waals surface area (Å²) < 4.78 is 2.05. The molecule has 0 radical (unpaired) electrons. The number of rotatable bonds is 2. The summed E-state index contributed by atoms with van der Waals surface area (Å²) >= 11 is 0. The zero-order valence-electron chi connectivity index (χ0n) is 15.5. The van der Waals surface area contributed by atoms with Gasteiger partial charge in [0.2, 0.25) is 0 Å². The van der Waals surface area contributed by atoms with Crippen LogP contribution >= 0.6 is 0 Å². The highest BCUT2D eigenvalue weighted by Crippen LogP contribution is 2.32. The maximum Gasteiger partial charge on any atom is 0.165 e. The van der Waals surface area contributed by atoms with E-state index in [1.54, 1.807) is 0 Å². The molecule has 0 amide bonds. The third-order valence-electron chi connectivity index (χ3n) is 5.35. The minimum absolute atomic E-state index is 0.704. The number of benzene rings is 1. The fourth-order valence-electron chi connectivity index (χ4n) is 4.20. The lowest BCUT2D eigenvalue weighted by molar-refractivity contribution is 0.354. The van der Waals surface area contributed by atoms with E-state index in [1.165, 1.54) is 23.4 Å². The van der Waals surface area contributed by atoms with Crippen molar-refractivity contribution in [1.29, 1.82) is 0 Å². The summed E-state index contributed by atoms with van der Waals surface area (Å²) in [5, 5.41) is 4.73. The molecule has 1 saturated heterocycles. The molecule has 1 aromatic carbocycles. The molecule has 0 bridgehead atoms. The fraction of sp³-hybridized carbons (Fsp3) is 0.429. The van der Waals surface area contributed by atoms with Crippen molar-refractivity contribution in [3.8, 4) is 11.1 Å². The van der Waals surface area contributed by atoms with Crippen LogP contribution in [0.4, 0.5) is 5.82 Å². The van der Waals surface area contributed by atoms with Crippen molar-refractivity contribution in [3.05, 3.63) is 47.8 Å². The molecule has 25 heavy (non-hydrogen) atoms. The molecule has 3 heterocycles. The van der Waals surface area contributed by atoms with E-state index in [1.807, 2.05) is 12.3 Å². The molecule has 2 aromatic heterocycles. The molecule has 4 nitrogen and oxygen atoms in total. The molecule has 1 fully saturated rings. The number of nitrogens with zero attached hydrogens (tertiary/aromatic N) is 4. The van der Waals surface area contributed by atoms with Gasteiger partial charge in [-0.1, -0.05) is 44.2 Å². The summed E-state index contributed by atoms with van der Waals surface area (Å²) in [5.41, 5.74) is 5.54. The Hall–Kier alpha value is -2.36. The average Bonchev–Trinajstić information content (AvgIpc) is 2.99. The highest BCUT2D eigenvalue weighted by molar-refractivity contribution is 5.78. The van der Waals surface area contributed by atoms with Gasteiger partial charge in [-0.3, -0.25) is 0 Å². The van der Waals surface area contributed by atoms with Crippen LogP contribution in [-0.2, 0) is 0 Å². The molecule has 3 aromatic rings. The number of piperidine rings is 1. The van der Waals surface area contributed by atoms with Gasteiger partial charge in [-0.2, -0.15) is 9.61 Å². The highest BCUT2D eigenvalue weighted by Gasteiger charge is 2.26. The van der Waals surface area contributed by atoms with Crippen molar-refractivity contribution >= 4 is 11.5 Å². The maximum absolute atomic E-state index is 4.88. The Morgan fingerprint density at radius 3 is 2.36 bits per heavy atom. The Morgan fingerprint density at radius 1 is 1.00 bits per heavy atom. The van der Waals surface area contributed by atoms with Gasteiger partial charge in [-0.25, -0.2) is 4.98 Å². The van der Waals surface area contributed by atoms with Gasteiger partial charge in [-0.05, 0) is 37.7 Å². The Balaban J connectivity index is 1.90. The van der Waals surface area contributed by atoms with Crippen molar-refractivity contribution in [2.24, 2.45) is 11.8 Å². The van der Waals surface area contributed by atoms with Crippen LogP contribution in [0.25, 0.3) is 16.8 Å². The Morgan fingerprint density at radius 2 is 1.68 bits per heavy atom. The zero-order chi connectivity index (χ0) is 17.6. The van der Waals surface area contributed by atoms with Gasteiger partial charge in [0, 0.05) is 29.9 Å². The lowest BCUT2D eigenvalue weighted by Crippen LogP contribution is -2.40. The number of fused-ring (bicyclic) bond motifs is 1. The van der Waals surface area contributed by atoms with E-state index in [4.69, 9.17) is 10.1 Å². The molecule has 1 aliphatic rings. The van der Waals surface area contributed by atoms with E-state index < -0.39 is 0 Å². The van der Waals surface area contributed by atoms with Crippen LogP contribution in [0.3, 0.4) is 0 Å². The second-order valence-corrected chi connectivity index (χ2v) is 7.66. The second-order valence-electron chi connectivity index (χ2n) is 7.66. The van der Waals surface area contributed by atoms with Gasteiger partial charge in [0.15, 0.2) is 5.65 Å². The van der Waals surface area contributed by atoms with Gasteiger partial charge in [0.05, 0.1) is 6.20 Å². The van der Waals surface area contributed by atoms with Crippen molar-refractivity contribution < 1.29 is 0 Å². The maximum atomic E-state index is 4.88. The molecule has 2 atom stereocenters. The van der Waals surface area contributed by atoms with E-state index in [0.717, 1.165) is 30.0 Å². The third-order valence-corrected chi connectivity index (χ3v) is 5.35. The molecule has 130 valence electrons. The molecule has 0 spiro atoms. The zero-order valence-corrected chi connectivity index (χ0v) is 15.5. The molecule has 1 aliphatic heterocycles. The summed E-state index contributed by atoms with van der Waals surface area (Å²) in [6, 6.07) is 10.4. The third kappa shape index (κ3) is 2.80. The average molecular weight is 334 g/mol. The predicted octanol–water partition coefficient (Wildman–Crippen LogP) is 4.50. The summed E-state index contributed by atoms with van der Waals surface area (Å²) in [4.78, 5) is 7.39. The van der Waals surface area contributed by atoms with E-state index in [0.29, 0.717) is 11.8 Å². The minimum atomic E-state index is 0.704. The predicted molar refractivity (Wildman–Crippen MR) is 103 cm³/mol. The molecule has 0 saturated carbocycles. The number of hydrogen-bond acceptors (Lipinski definition) is 3. The van der Waals surface area contributed by atoms with Crippen molar-refractivity contribution in [3.63, 3.8) is 0 Å². The first-order valence-electron chi connectivity index (χ1n) is 9.20. The SMILES string of the molecule is Cc1nc2c(-c3ccccc3)cnn2c(N2C[C@@H](C)C[C@H](C)C2)c1C. The van der Waals surface area contributed by atoms with Crippen molar-refractivity contribution in [1.82, 2.24) is 14.6 Å². The standard InChI is InChI=1S/C21H26N4/c1-14-10-15(2)13-24(12-14)21-16(3)17(4)23-20-19(11-22-25(20)21)18-8-6-5-7-9-18/h5-9,11,14-15H,10,12-13H2,1-4H3/t14-,15-/m0/s1. The van der Waals surface area contributed by atoms with Crippen molar-refractivity contribution in [2.45, 2.75) is 34.1 Å². The molecular weight excluding hydrogens is 308 g/mol.